The summed E-state index contributed by atoms with van der Waals surface area (Å²) in [5.41, 5.74) is 0.759. The van der Waals surface area contributed by atoms with Crippen LogP contribution in [-0.4, -0.2) is 43.5 Å². The summed E-state index contributed by atoms with van der Waals surface area (Å²) < 4.78 is 39.2. The molecule has 2 aromatic heterocycles. The van der Waals surface area contributed by atoms with E-state index in [1.807, 2.05) is 18.2 Å². The monoisotopic (exact) mass is 510 g/mol. The topological polar surface area (TPSA) is 111 Å². The highest BCUT2D eigenvalue weighted by atomic mass is 32.2. The Morgan fingerprint density at radius 2 is 1.92 bits per heavy atom. The van der Waals surface area contributed by atoms with Gasteiger partial charge in [-0.25, -0.2) is 9.71 Å². The number of nitrogens with zero attached hydrogens (tertiary/aromatic N) is 3. The van der Waals surface area contributed by atoms with Gasteiger partial charge in [0.1, 0.15) is 18.2 Å². The molecular formula is C26H30N4O5S. The number of methoxy groups -OCH3 is 1. The number of anilines is 1. The van der Waals surface area contributed by atoms with E-state index in [9.17, 15) is 13.2 Å². The molecule has 1 amide bonds. The molecule has 9 nitrogen and oxygen atoms in total. The Hall–Kier alpha value is -3.66. The minimum atomic E-state index is -4.27. The first-order valence-electron chi connectivity index (χ1n) is 11.6. The van der Waals surface area contributed by atoms with Crippen molar-refractivity contribution in [1.82, 2.24) is 14.7 Å². The Kier molecular flexibility index (Phi) is 7.16. The van der Waals surface area contributed by atoms with E-state index in [1.165, 1.54) is 12.1 Å². The number of rotatable bonds is 8. The third-order valence-electron chi connectivity index (χ3n) is 6.13. The second-order valence-electron chi connectivity index (χ2n) is 9.46. The van der Waals surface area contributed by atoms with Crippen LogP contribution in [0.3, 0.4) is 0 Å². The summed E-state index contributed by atoms with van der Waals surface area (Å²) in [5, 5.41) is -0.325. The van der Waals surface area contributed by atoms with Crippen LogP contribution in [0.1, 0.15) is 43.1 Å². The number of benzene rings is 1. The van der Waals surface area contributed by atoms with Crippen molar-refractivity contribution in [3.05, 3.63) is 71.9 Å². The first-order chi connectivity index (χ1) is 17.1. The molecule has 190 valence electrons. The zero-order chi connectivity index (χ0) is 25.9. The van der Waals surface area contributed by atoms with Crippen LogP contribution in [0.4, 0.5) is 5.82 Å². The van der Waals surface area contributed by atoms with Crippen molar-refractivity contribution < 1.29 is 22.7 Å². The first-order valence-corrected chi connectivity index (χ1v) is 13.1. The Morgan fingerprint density at radius 3 is 2.64 bits per heavy atom. The molecule has 1 aliphatic rings. The molecule has 3 aromatic rings. The average molecular weight is 511 g/mol. The lowest BCUT2D eigenvalue weighted by molar-refractivity contribution is 0.0981. The van der Waals surface area contributed by atoms with Crippen LogP contribution < -0.4 is 19.1 Å². The van der Waals surface area contributed by atoms with Crippen LogP contribution in [0.15, 0.2) is 65.8 Å². The Labute approximate surface area is 211 Å². The molecule has 4 rings (SSSR count). The Morgan fingerprint density at radius 1 is 1.14 bits per heavy atom. The summed E-state index contributed by atoms with van der Waals surface area (Å²) in [7, 11) is -2.71. The fraction of sp³-hybridized carbons (Fsp3) is 0.346. The van der Waals surface area contributed by atoms with E-state index >= 15 is 0 Å². The summed E-state index contributed by atoms with van der Waals surface area (Å²) in [6.45, 7) is 7.18. The second kappa shape index (κ2) is 10.1. The van der Waals surface area contributed by atoms with Gasteiger partial charge < -0.3 is 14.4 Å². The van der Waals surface area contributed by atoms with Crippen LogP contribution in [0.25, 0.3) is 0 Å². The van der Waals surface area contributed by atoms with Gasteiger partial charge in [0.05, 0.1) is 12.7 Å². The van der Waals surface area contributed by atoms with Gasteiger partial charge in [-0.15, -0.1) is 0 Å². The lowest BCUT2D eigenvalue weighted by Crippen LogP contribution is -2.41. The number of hydrogen-bond donors (Lipinski definition) is 1. The molecular weight excluding hydrogens is 480 g/mol. The smallest absolute Gasteiger partial charge is 0.281 e. The molecule has 1 aliphatic heterocycles. The molecule has 1 aromatic carbocycles. The molecule has 1 atom stereocenters. The standard InChI is InChI=1S/C26H30N4O5S/c1-18-15-26(2,3)30(16-18)24-20(10-8-14-27-24)25(31)29-36(32,33)23-13-7-12-22(28-23)35-17-19-9-5-6-11-21(19)34-4/h5-14,18H,15-17H2,1-4H3,(H,29,31). The molecule has 1 fully saturated rings. The third-order valence-corrected chi connectivity index (χ3v) is 7.36. The lowest BCUT2D eigenvalue weighted by Gasteiger charge is -2.33. The van der Waals surface area contributed by atoms with E-state index in [-0.39, 0.29) is 28.6 Å². The Balaban J connectivity index is 1.52. The molecule has 36 heavy (non-hydrogen) atoms. The lowest BCUT2D eigenvalue weighted by atomic mass is 9.97. The molecule has 1 unspecified atom stereocenters. The number of pyridine rings is 2. The van der Waals surface area contributed by atoms with Crippen LogP contribution in [-0.2, 0) is 16.6 Å². The highest BCUT2D eigenvalue weighted by molar-refractivity contribution is 7.90. The van der Waals surface area contributed by atoms with E-state index < -0.39 is 15.9 Å². The van der Waals surface area contributed by atoms with Crippen molar-refractivity contribution in [1.29, 1.82) is 0 Å². The number of ether oxygens (including phenoxy) is 2. The summed E-state index contributed by atoms with van der Waals surface area (Å²) in [6.07, 6.45) is 2.54. The number of sulfonamides is 1. The van der Waals surface area contributed by atoms with E-state index in [1.54, 1.807) is 37.6 Å². The van der Waals surface area contributed by atoms with Crippen molar-refractivity contribution in [3.8, 4) is 11.6 Å². The summed E-state index contributed by atoms with van der Waals surface area (Å²) >= 11 is 0. The fourth-order valence-electron chi connectivity index (χ4n) is 4.58. The molecule has 0 radical (unpaired) electrons. The second-order valence-corrected chi connectivity index (χ2v) is 11.1. The molecule has 1 N–H and O–H groups in total. The molecule has 1 saturated heterocycles. The van der Waals surface area contributed by atoms with Gasteiger partial charge in [0.2, 0.25) is 5.88 Å². The van der Waals surface area contributed by atoms with Crippen LogP contribution in [0.5, 0.6) is 11.6 Å². The molecule has 3 heterocycles. The third kappa shape index (κ3) is 5.43. The average Bonchev–Trinajstić information content (AvgIpc) is 3.14. The van der Waals surface area contributed by atoms with E-state index in [0.29, 0.717) is 17.5 Å². The summed E-state index contributed by atoms with van der Waals surface area (Å²) in [6, 6.07) is 14.9. The SMILES string of the molecule is COc1ccccc1COc1cccc(S(=O)(=O)NC(=O)c2cccnc2N2CC(C)CC2(C)C)n1. The fourth-order valence-corrected chi connectivity index (χ4v) is 5.50. The minimum absolute atomic E-state index is 0.103. The van der Waals surface area contributed by atoms with E-state index in [0.717, 1.165) is 18.5 Å². The van der Waals surface area contributed by atoms with Gasteiger partial charge in [0, 0.05) is 29.9 Å². The maximum Gasteiger partial charge on any atom is 0.281 e. The van der Waals surface area contributed by atoms with Crippen LogP contribution in [0.2, 0.25) is 0 Å². The van der Waals surface area contributed by atoms with Crippen LogP contribution in [0, 0.1) is 5.92 Å². The maximum atomic E-state index is 13.1. The van der Waals surface area contributed by atoms with Crippen molar-refractivity contribution in [2.24, 2.45) is 5.92 Å². The van der Waals surface area contributed by atoms with E-state index in [2.05, 4.69) is 40.4 Å². The maximum absolute atomic E-state index is 13.1. The van der Waals surface area contributed by atoms with Crippen molar-refractivity contribution in [2.75, 3.05) is 18.6 Å². The van der Waals surface area contributed by atoms with Gasteiger partial charge in [0.15, 0.2) is 5.03 Å². The number of hydrogen-bond acceptors (Lipinski definition) is 8. The Bertz CT molecular complexity index is 1360. The summed E-state index contributed by atoms with van der Waals surface area (Å²) in [4.78, 5) is 23.7. The van der Waals surface area contributed by atoms with Crippen molar-refractivity contribution >= 4 is 21.7 Å². The number of carbonyl (C=O) groups excluding carboxylic acids is 1. The van der Waals surface area contributed by atoms with Gasteiger partial charge >= 0.3 is 0 Å². The predicted molar refractivity (Wildman–Crippen MR) is 136 cm³/mol. The zero-order valence-corrected chi connectivity index (χ0v) is 21.6. The number of nitrogens with one attached hydrogen (secondary N) is 1. The molecule has 0 bridgehead atoms. The summed E-state index contributed by atoms with van der Waals surface area (Å²) in [5.74, 6) is 0.865. The van der Waals surface area contributed by atoms with Crippen LogP contribution >= 0.6 is 0 Å². The minimum Gasteiger partial charge on any atom is -0.496 e. The quantitative estimate of drug-likeness (QED) is 0.487. The van der Waals surface area contributed by atoms with Gasteiger partial charge in [-0.1, -0.05) is 31.2 Å². The van der Waals surface area contributed by atoms with E-state index in [4.69, 9.17) is 9.47 Å². The number of amides is 1. The first kappa shape index (κ1) is 25.4. The number of aromatic nitrogens is 2. The largest absolute Gasteiger partial charge is 0.496 e. The van der Waals surface area contributed by atoms with Gasteiger partial charge in [-0.3, -0.25) is 4.79 Å². The van der Waals surface area contributed by atoms with Crippen molar-refractivity contribution in [3.63, 3.8) is 0 Å². The van der Waals surface area contributed by atoms with Crippen molar-refractivity contribution in [2.45, 2.75) is 44.4 Å². The predicted octanol–water partition coefficient (Wildman–Crippen LogP) is 3.81. The molecule has 10 heteroatoms. The normalized spacial score (nSPS) is 17.0. The molecule has 0 aliphatic carbocycles. The van der Waals surface area contributed by atoms with Gasteiger partial charge in [0.25, 0.3) is 15.9 Å². The van der Waals surface area contributed by atoms with Gasteiger partial charge in [-0.05, 0) is 50.5 Å². The molecule has 0 saturated carbocycles. The highest BCUT2D eigenvalue weighted by Crippen LogP contribution is 2.37. The number of carbonyl (C=O) groups is 1. The molecule has 0 spiro atoms. The highest BCUT2D eigenvalue weighted by Gasteiger charge is 2.39. The number of para-hydroxylation sites is 1. The zero-order valence-electron chi connectivity index (χ0n) is 20.8. The van der Waals surface area contributed by atoms with Gasteiger partial charge in [-0.2, -0.15) is 13.4 Å².